The van der Waals surface area contributed by atoms with Gasteiger partial charge in [0.2, 0.25) is 10.9 Å². The van der Waals surface area contributed by atoms with E-state index < -0.39 is 16.4 Å². The molecule has 0 atom stereocenters. The first-order valence-electron chi connectivity index (χ1n) is 5.21. The van der Waals surface area contributed by atoms with Crippen LogP contribution in [0.2, 0.25) is 0 Å². The minimum Gasteiger partial charge on any atom is -0.258 e. The van der Waals surface area contributed by atoms with Gasteiger partial charge < -0.3 is 0 Å². The number of nitrogens with zero attached hydrogens (tertiary/aromatic N) is 3. The fourth-order valence-corrected chi connectivity index (χ4v) is 1.96. The molecule has 2 rings (SSSR count). The van der Waals surface area contributed by atoms with E-state index in [0.717, 1.165) is 17.8 Å². The zero-order chi connectivity index (χ0) is 13.8. The van der Waals surface area contributed by atoms with Gasteiger partial charge in [0.25, 0.3) is 0 Å². The van der Waals surface area contributed by atoms with Crippen molar-refractivity contribution in [3.63, 3.8) is 0 Å². The summed E-state index contributed by atoms with van der Waals surface area (Å²) >= 11 is 1.39. The third-order valence-corrected chi connectivity index (χ3v) is 3.03. The Kier molecular flexibility index (Phi) is 3.81. The van der Waals surface area contributed by atoms with Gasteiger partial charge >= 0.3 is 5.69 Å². The molecule has 0 aliphatic heterocycles. The summed E-state index contributed by atoms with van der Waals surface area (Å²) in [5.41, 5.74) is 3.44. The van der Waals surface area contributed by atoms with E-state index in [1.807, 2.05) is 12.3 Å². The second kappa shape index (κ2) is 5.53. The van der Waals surface area contributed by atoms with Crippen molar-refractivity contribution < 1.29 is 9.31 Å². The Labute approximate surface area is 111 Å². The van der Waals surface area contributed by atoms with E-state index in [1.165, 1.54) is 23.6 Å². The first kappa shape index (κ1) is 13.1. The predicted octanol–water partition coefficient (Wildman–Crippen LogP) is 2.94. The molecule has 1 heterocycles. The topological polar surface area (TPSA) is 80.4 Å². The van der Waals surface area contributed by atoms with Gasteiger partial charge in [-0.1, -0.05) is 0 Å². The molecule has 1 N–H and O–H groups in total. The van der Waals surface area contributed by atoms with E-state index in [4.69, 9.17) is 0 Å². The normalized spacial score (nSPS) is 10.8. The van der Waals surface area contributed by atoms with Crippen molar-refractivity contribution in [1.29, 1.82) is 0 Å². The molecular formula is C11H9FN4O2S. The van der Waals surface area contributed by atoms with Gasteiger partial charge in [-0.05, 0) is 24.6 Å². The number of aromatic nitrogens is 1. The molecular weight excluding hydrogens is 271 g/mol. The van der Waals surface area contributed by atoms with Crippen molar-refractivity contribution in [3.05, 3.63) is 50.8 Å². The van der Waals surface area contributed by atoms with Gasteiger partial charge in [-0.3, -0.25) is 15.5 Å². The van der Waals surface area contributed by atoms with E-state index in [-0.39, 0.29) is 0 Å². The number of halogens is 1. The van der Waals surface area contributed by atoms with Crippen molar-refractivity contribution in [2.24, 2.45) is 5.10 Å². The number of nitrogens with one attached hydrogen (secondary N) is 1. The van der Waals surface area contributed by atoms with Crippen LogP contribution in [0.4, 0.5) is 15.2 Å². The third-order valence-electron chi connectivity index (χ3n) is 2.16. The number of nitro benzene ring substituents is 1. The maximum Gasteiger partial charge on any atom is 0.304 e. The van der Waals surface area contributed by atoms with Crippen LogP contribution in [0.1, 0.15) is 11.3 Å². The van der Waals surface area contributed by atoms with Crippen molar-refractivity contribution in [2.75, 3.05) is 5.43 Å². The lowest BCUT2D eigenvalue weighted by Gasteiger charge is -1.96. The highest BCUT2D eigenvalue weighted by Gasteiger charge is 2.12. The van der Waals surface area contributed by atoms with Gasteiger partial charge in [-0.15, -0.1) is 11.3 Å². The molecule has 0 bridgehead atoms. The van der Waals surface area contributed by atoms with Crippen molar-refractivity contribution in [2.45, 2.75) is 6.92 Å². The van der Waals surface area contributed by atoms with Crippen LogP contribution in [0.5, 0.6) is 0 Å². The highest BCUT2D eigenvalue weighted by molar-refractivity contribution is 7.13. The summed E-state index contributed by atoms with van der Waals surface area (Å²) in [7, 11) is 0. The van der Waals surface area contributed by atoms with Gasteiger partial charge in [0.05, 0.1) is 16.8 Å². The van der Waals surface area contributed by atoms with E-state index >= 15 is 0 Å². The highest BCUT2D eigenvalue weighted by Crippen LogP contribution is 2.17. The van der Waals surface area contributed by atoms with E-state index in [9.17, 15) is 14.5 Å². The summed E-state index contributed by atoms with van der Waals surface area (Å²) in [6.45, 7) is 1.86. The number of rotatable bonds is 4. The Morgan fingerprint density at radius 1 is 1.58 bits per heavy atom. The Morgan fingerprint density at radius 2 is 2.37 bits per heavy atom. The molecule has 0 fully saturated rings. The standard InChI is InChI=1S/C11H9FN4O2S/c1-7-6-19-11(14-7)15-13-5-8-2-3-10(16(17)18)9(12)4-8/h2-6H,1H3,(H,14,15). The van der Waals surface area contributed by atoms with E-state index in [0.29, 0.717) is 10.7 Å². The van der Waals surface area contributed by atoms with Crippen molar-refractivity contribution >= 4 is 28.4 Å². The number of nitro groups is 1. The second-order valence-electron chi connectivity index (χ2n) is 3.63. The van der Waals surface area contributed by atoms with Gasteiger partial charge in [0, 0.05) is 11.4 Å². The fraction of sp³-hybridized carbons (Fsp3) is 0.0909. The van der Waals surface area contributed by atoms with Gasteiger partial charge in [0.1, 0.15) is 0 Å². The first-order chi connectivity index (χ1) is 9.06. The molecule has 98 valence electrons. The average molecular weight is 280 g/mol. The van der Waals surface area contributed by atoms with Gasteiger partial charge in [0.15, 0.2) is 0 Å². The highest BCUT2D eigenvalue weighted by atomic mass is 32.1. The molecule has 0 aliphatic carbocycles. The molecule has 0 spiro atoms. The Balaban J connectivity index is 2.07. The van der Waals surface area contributed by atoms with Crippen LogP contribution in [0, 0.1) is 22.9 Å². The molecule has 0 saturated carbocycles. The van der Waals surface area contributed by atoms with E-state index in [2.05, 4.69) is 15.5 Å². The zero-order valence-corrected chi connectivity index (χ0v) is 10.6. The number of aryl methyl sites for hydroxylation is 1. The van der Waals surface area contributed by atoms with Crippen molar-refractivity contribution in [3.8, 4) is 0 Å². The molecule has 1 aromatic carbocycles. The number of hydrogen-bond acceptors (Lipinski definition) is 6. The molecule has 0 saturated heterocycles. The Hall–Kier alpha value is -2.35. The van der Waals surface area contributed by atoms with Crippen LogP contribution in [0.25, 0.3) is 0 Å². The van der Waals surface area contributed by atoms with Crippen LogP contribution >= 0.6 is 11.3 Å². The molecule has 0 radical (unpaired) electrons. The number of anilines is 1. The summed E-state index contributed by atoms with van der Waals surface area (Å²) < 4.78 is 13.3. The maximum absolute atomic E-state index is 13.3. The lowest BCUT2D eigenvalue weighted by molar-refractivity contribution is -0.387. The zero-order valence-electron chi connectivity index (χ0n) is 9.83. The summed E-state index contributed by atoms with van der Waals surface area (Å²) in [5, 5.41) is 16.8. The SMILES string of the molecule is Cc1csc(NN=Cc2ccc([N+](=O)[O-])c(F)c2)n1. The fourth-order valence-electron chi connectivity index (χ4n) is 1.32. The van der Waals surface area contributed by atoms with Crippen LogP contribution in [-0.4, -0.2) is 16.1 Å². The molecule has 1 aromatic heterocycles. The number of hydrazone groups is 1. The molecule has 6 nitrogen and oxygen atoms in total. The van der Waals surface area contributed by atoms with Crippen molar-refractivity contribution in [1.82, 2.24) is 4.98 Å². The monoisotopic (exact) mass is 280 g/mol. The lowest BCUT2D eigenvalue weighted by atomic mass is 10.2. The smallest absolute Gasteiger partial charge is 0.258 e. The van der Waals surface area contributed by atoms with Crippen LogP contribution < -0.4 is 5.43 Å². The van der Waals surface area contributed by atoms with Crippen LogP contribution in [-0.2, 0) is 0 Å². The molecule has 19 heavy (non-hydrogen) atoms. The first-order valence-corrected chi connectivity index (χ1v) is 6.09. The minimum atomic E-state index is -0.890. The number of thiazole rings is 1. The molecule has 0 unspecified atom stereocenters. The minimum absolute atomic E-state index is 0.420. The second-order valence-corrected chi connectivity index (χ2v) is 4.49. The molecule has 0 amide bonds. The van der Waals surface area contributed by atoms with Crippen LogP contribution in [0.15, 0.2) is 28.7 Å². The summed E-state index contributed by atoms with van der Waals surface area (Å²) in [4.78, 5) is 13.8. The third kappa shape index (κ3) is 3.32. The Bertz CT molecular complexity index is 641. The summed E-state index contributed by atoms with van der Waals surface area (Å²) in [6, 6.07) is 3.57. The molecule has 0 aliphatic rings. The largest absolute Gasteiger partial charge is 0.304 e. The van der Waals surface area contributed by atoms with E-state index in [1.54, 1.807) is 0 Å². The van der Waals surface area contributed by atoms with Gasteiger partial charge in [-0.2, -0.15) is 9.49 Å². The maximum atomic E-state index is 13.3. The average Bonchev–Trinajstić information content (AvgIpc) is 2.75. The van der Waals surface area contributed by atoms with Crippen LogP contribution in [0.3, 0.4) is 0 Å². The Morgan fingerprint density at radius 3 is 2.95 bits per heavy atom. The molecule has 8 heteroatoms. The molecule has 2 aromatic rings. The number of hydrogen-bond donors (Lipinski definition) is 1. The quantitative estimate of drug-likeness (QED) is 0.530. The van der Waals surface area contributed by atoms with Gasteiger partial charge in [-0.25, -0.2) is 4.98 Å². The number of benzene rings is 1. The lowest BCUT2D eigenvalue weighted by Crippen LogP contribution is -1.95. The predicted molar refractivity (Wildman–Crippen MR) is 71.1 cm³/mol. The summed E-state index contributed by atoms with van der Waals surface area (Å²) in [6.07, 6.45) is 1.36. The summed E-state index contributed by atoms with van der Waals surface area (Å²) in [5.74, 6) is -0.890.